The summed E-state index contributed by atoms with van der Waals surface area (Å²) in [5.41, 5.74) is 8.32. The lowest BCUT2D eigenvalue weighted by molar-refractivity contribution is 0.301. The highest BCUT2D eigenvalue weighted by Crippen LogP contribution is 2.13. The van der Waals surface area contributed by atoms with Gasteiger partial charge in [-0.15, -0.1) is 0 Å². The van der Waals surface area contributed by atoms with Gasteiger partial charge in [0, 0.05) is 11.8 Å². The summed E-state index contributed by atoms with van der Waals surface area (Å²) >= 11 is 4.87. The van der Waals surface area contributed by atoms with Crippen molar-refractivity contribution in [2.45, 2.75) is 13.5 Å². The first-order chi connectivity index (χ1) is 8.65. The van der Waals surface area contributed by atoms with Crippen molar-refractivity contribution in [3.8, 4) is 5.75 Å². The molecular formula is C14H14N2OS. The number of ether oxygens (including phenoxy) is 1. The van der Waals surface area contributed by atoms with Crippen molar-refractivity contribution in [2.24, 2.45) is 5.73 Å². The zero-order valence-corrected chi connectivity index (χ0v) is 10.9. The van der Waals surface area contributed by atoms with Crippen LogP contribution in [0.5, 0.6) is 5.75 Å². The Bertz CT molecular complexity index is 535. The van der Waals surface area contributed by atoms with Gasteiger partial charge in [0.25, 0.3) is 0 Å². The first-order valence-corrected chi connectivity index (χ1v) is 6.00. The Hall–Kier alpha value is -1.94. The predicted octanol–water partition coefficient (Wildman–Crippen LogP) is 2.60. The molecule has 0 aliphatic heterocycles. The van der Waals surface area contributed by atoms with Crippen molar-refractivity contribution in [3.63, 3.8) is 0 Å². The number of pyridine rings is 1. The van der Waals surface area contributed by atoms with Gasteiger partial charge in [-0.25, -0.2) is 0 Å². The molecule has 0 bridgehead atoms. The van der Waals surface area contributed by atoms with Crippen LogP contribution in [0.4, 0.5) is 0 Å². The van der Waals surface area contributed by atoms with Crippen LogP contribution in [0, 0.1) is 6.92 Å². The summed E-state index contributed by atoms with van der Waals surface area (Å²) in [6.45, 7) is 2.47. The number of benzene rings is 1. The Morgan fingerprint density at radius 1 is 1.22 bits per heavy atom. The molecule has 0 amide bonds. The molecule has 0 atom stereocenters. The van der Waals surface area contributed by atoms with Gasteiger partial charge in [-0.3, -0.25) is 4.98 Å². The second kappa shape index (κ2) is 5.60. The number of hydrogen-bond donors (Lipinski definition) is 1. The first kappa shape index (κ1) is 12.5. The van der Waals surface area contributed by atoms with Gasteiger partial charge in [0.15, 0.2) is 0 Å². The molecule has 1 aromatic heterocycles. The molecule has 0 radical (unpaired) electrons. The van der Waals surface area contributed by atoms with E-state index in [1.165, 1.54) is 5.56 Å². The molecule has 1 aromatic carbocycles. The van der Waals surface area contributed by atoms with E-state index >= 15 is 0 Å². The Kier molecular flexibility index (Phi) is 3.89. The van der Waals surface area contributed by atoms with E-state index in [-0.39, 0.29) is 0 Å². The monoisotopic (exact) mass is 258 g/mol. The van der Waals surface area contributed by atoms with Gasteiger partial charge >= 0.3 is 0 Å². The SMILES string of the molecule is Cc1ccc(OCc2ccc(C(N)=S)cn2)cc1. The van der Waals surface area contributed by atoms with Crippen molar-refractivity contribution < 1.29 is 4.74 Å². The number of aryl methyl sites for hydroxylation is 1. The molecule has 1 heterocycles. The molecule has 3 nitrogen and oxygen atoms in total. The number of aromatic nitrogens is 1. The van der Waals surface area contributed by atoms with Gasteiger partial charge < -0.3 is 10.5 Å². The van der Waals surface area contributed by atoms with E-state index in [4.69, 9.17) is 22.7 Å². The van der Waals surface area contributed by atoms with Crippen LogP contribution < -0.4 is 10.5 Å². The van der Waals surface area contributed by atoms with Gasteiger partial charge in [0.2, 0.25) is 0 Å². The average molecular weight is 258 g/mol. The summed E-state index contributed by atoms with van der Waals surface area (Å²) in [5.74, 6) is 0.834. The maximum Gasteiger partial charge on any atom is 0.130 e. The minimum atomic E-state index is 0.355. The van der Waals surface area contributed by atoms with E-state index in [1.54, 1.807) is 6.20 Å². The molecule has 0 fully saturated rings. The summed E-state index contributed by atoms with van der Waals surface area (Å²) in [6.07, 6.45) is 1.66. The standard InChI is InChI=1S/C14H14N2OS/c1-10-2-6-13(7-3-10)17-9-12-5-4-11(8-16-12)14(15)18/h2-8H,9H2,1H3,(H2,15,18). The lowest BCUT2D eigenvalue weighted by Crippen LogP contribution is -2.10. The average Bonchev–Trinajstić information content (AvgIpc) is 2.38. The van der Waals surface area contributed by atoms with Crippen molar-refractivity contribution >= 4 is 17.2 Å². The molecule has 4 heteroatoms. The van der Waals surface area contributed by atoms with E-state index in [9.17, 15) is 0 Å². The Balaban J connectivity index is 1.97. The second-order valence-electron chi connectivity index (χ2n) is 4.00. The smallest absolute Gasteiger partial charge is 0.130 e. The Morgan fingerprint density at radius 2 is 1.94 bits per heavy atom. The zero-order chi connectivity index (χ0) is 13.0. The second-order valence-corrected chi connectivity index (χ2v) is 4.44. The molecule has 0 aliphatic rings. The van der Waals surface area contributed by atoms with Crippen LogP contribution in [-0.2, 0) is 6.61 Å². The molecule has 0 unspecified atom stereocenters. The largest absolute Gasteiger partial charge is 0.487 e. The summed E-state index contributed by atoms with van der Waals surface area (Å²) in [7, 11) is 0. The molecular weight excluding hydrogens is 244 g/mol. The highest BCUT2D eigenvalue weighted by Gasteiger charge is 1.99. The molecule has 2 N–H and O–H groups in total. The van der Waals surface area contributed by atoms with E-state index in [2.05, 4.69) is 4.98 Å². The van der Waals surface area contributed by atoms with Crippen LogP contribution in [0.1, 0.15) is 16.8 Å². The molecule has 92 valence electrons. The van der Waals surface area contributed by atoms with E-state index in [1.807, 2.05) is 43.3 Å². The highest BCUT2D eigenvalue weighted by molar-refractivity contribution is 7.80. The quantitative estimate of drug-likeness (QED) is 0.856. The van der Waals surface area contributed by atoms with Crippen molar-refractivity contribution in [2.75, 3.05) is 0 Å². The number of hydrogen-bond acceptors (Lipinski definition) is 3. The zero-order valence-electron chi connectivity index (χ0n) is 10.1. The predicted molar refractivity (Wildman–Crippen MR) is 75.6 cm³/mol. The van der Waals surface area contributed by atoms with Gasteiger partial charge in [0.1, 0.15) is 17.3 Å². The maximum atomic E-state index is 5.62. The minimum absolute atomic E-state index is 0.355. The van der Waals surface area contributed by atoms with Crippen LogP contribution in [0.25, 0.3) is 0 Å². The fourth-order valence-corrected chi connectivity index (χ4v) is 1.57. The molecule has 2 aromatic rings. The van der Waals surface area contributed by atoms with Crippen LogP contribution >= 0.6 is 12.2 Å². The molecule has 0 saturated carbocycles. The third-order valence-corrected chi connectivity index (χ3v) is 2.75. The van der Waals surface area contributed by atoms with Crippen molar-refractivity contribution in [1.29, 1.82) is 0 Å². The normalized spacial score (nSPS) is 10.1. The van der Waals surface area contributed by atoms with E-state index in [0.29, 0.717) is 11.6 Å². The minimum Gasteiger partial charge on any atom is -0.487 e. The van der Waals surface area contributed by atoms with Crippen molar-refractivity contribution in [3.05, 3.63) is 59.4 Å². The lowest BCUT2D eigenvalue weighted by Gasteiger charge is -2.06. The van der Waals surface area contributed by atoms with Gasteiger partial charge in [-0.05, 0) is 31.2 Å². The highest BCUT2D eigenvalue weighted by atomic mass is 32.1. The Labute approximate surface area is 112 Å². The van der Waals surface area contributed by atoms with Gasteiger partial charge in [-0.2, -0.15) is 0 Å². The fourth-order valence-electron chi connectivity index (χ4n) is 1.45. The number of nitrogens with two attached hydrogens (primary N) is 1. The maximum absolute atomic E-state index is 5.62. The third kappa shape index (κ3) is 3.28. The summed E-state index contributed by atoms with van der Waals surface area (Å²) < 4.78 is 5.62. The molecule has 0 saturated heterocycles. The molecule has 18 heavy (non-hydrogen) atoms. The van der Waals surface area contributed by atoms with E-state index < -0.39 is 0 Å². The molecule has 0 aliphatic carbocycles. The fraction of sp³-hybridized carbons (Fsp3) is 0.143. The number of rotatable bonds is 4. The van der Waals surface area contributed by atoms with Crippen LogP contribution in [-0.4, -0.2) is 9.97 Å². The van der Waals surface area contributed by atoms with Crippen LogP contribution in [0.15, 0.2) is 42.6 Å². The van der Waals surface area contributed by atoms with E-state index in [0.717, 1.165) is 17.0 Å². The van der Waals surface area contributed by atoms with Gasteiger partial charge in [-0.1, -0.05) is 29.9 Å². The van der Waals surface area contributed by atoms with Gasteiger partial charge in [0.05, 0.1) is 5.69 Å². The summed E-state index contributed by atoms with van der Waals surface area (Å²) in [6, 6.07) is 11.6. The van der Waals surface area contributed by atoms with Crippen LogP contribution in [0.2, 0.25) is 0 Å². The summed E-state index contributed by atoms with van der Waals surface area (Å²) in [5, 5.41) is 0. The Morgan fingerprint density at radius 3 is 2.50 bits per heavy atom. The molecule has 0 spiro atoms. The number of thiocarbonyl (C=S) groups is 1. The molecule has 2 rings (SSSR count). The van der Waals surface area contributed by atoms with Crippen LogP contribution in [0.3, 0.4) is 0 Å². The van der Waals surface area contributed by atoms with Crippen molar-refractivity contribution in [1.82, 2.24) is 4.98 Å². The first-order valence-electron chi connectivity index (χ1n) is 5.59. The summed E-state index contributed by atoms with van der Waals surface area (Å²) in [4.78, 5) is 4.60. The third-order valence-electron chi connectivity index (χ3n) is 2.52. The lowest BCUT2D eigenvalue weighted by atomic mass is 10.2. The number of nitrogens with zero attached hydrogens (tertiary/aromatic N) is 1. The topological polar surface area (TPSA) is 48.1 Å².